The first-order valence-electron chi connectivity index (χ1n) is 3.80. The van der Waals surface area contributed by atoms with Crippen molar-refractivity contribution in [2.45, 2.75) is 36.4 Å². The van der Waals surface area contributed by atoms with Crippen molar-refractivity contribution in [3.05, 3.63) is 0 Å². The van der Waals surface area contributed by atoms with Gasteiger partial charge in [0.15, 0.2) is 0 Å². The van der Waals surface area contributed by atoms with E-state index in [1.165, 1.54) is 13.8 Å². The van der Waals surface area contributed by atoms with Gasteiger partial charge in [-0.1, -0.05) is 0 Å². The lowest BCUT2D eigenvalue weighted by atomic mass is 10.4. The topological polar surface area (TPSA) is 65.6 Å². The third-order valence-corrected chi connectivity index (χ3v) is 1.50. The summed E-state index contributed by atoms with van der Waals surface area (Å²) < 4.78 is 0. The molecule has 0 saturated carbocycles. The third-order valence-electron chi connectivity index (χ3n) is 0.884. The molecule has 0 unspecified atom stereocenters. The summed E-state index contributed by atoms with van der Waals surface area (Å²) in [7, 11) is 0. The molecule has 0 fully saturated rings. The quantitative estimate of drug-likeness (QED) is 0.749. The summed E-state index contributed by atoms with van der Waals surface area (Å²) in [5.41, 5.74) is 0. The monoisotopic (exact) mass is 298 g/mol. The zero-order chi connectivity index (χ0) is 11.7. The van der Waals surface area contributed by atoms with Gasteiger partial charge in [0.25, 0.3) is 0 Å². The highest BCUT2D eigenvalue weighted by Gasteiger charge is 2.00. The Morgan fingerprint density at radius 1 is 0.867 bits per heavy atom. The van der Waals surface area contributed by atoms with E-state index in [2.05, 4.69) is 0 Å². The van der Waals surface area contributed by atoms with Crippen molar-refractivity contribution in [1.29, 1.82) is 0 Å². The number of carbonyl (C=O) groups excluding carboxylic acids is 2. The first kappa shape index (κ1) is 20.8. The number of hydrogen-bond acceptors (Lipinski definition) is 2. The molecule has 0 aliphatic heterocycles. The molecule has 0 bridgehead atoms. The van der Waals surface area contributed by atoms with Gasteiger partial charge >= 0.3 is 0 Å². The van der Waals surface area contributed by atoms with E-state index in [1.54, 1.807) is 0 Å². The van der Waals surface area contributed by atoms with E-state index in [-0.39, 0.29) is 29.9 Å². The molecule has 0 spiro atoms. The Kier molecular flexibility index (Phi) is 17.4. The Hall–Kier alpha value is 0.460. The maximum Gasteiger partial charge on any atom is 0.132 e. The molecule has 0 aliphatic carbocycles. The van der Waals surface area contributed by atoms with Crippen molar-refractivity contribution in [3.63, 3.8) is 0 Å². The van der Waals surface area contributed by atoms with Gasteiger partial charge in [0.1, 0.15) is 21.2 Å². The first-order chi connectivity index (χ1) is 6.25. The van der Waals surface area contributed by atoms with Crippen LogP contribution >= 0.6 is 46.4 Å². The van der Waals surface area contributed by atoms with Gasteiger partial charge in [0, 0.05) is 12.8 Å². The van der Waals surface area contributed by atoms with Crippen molar-refractivity contribution in [1.82, 2.24) is 0 Å². The van der Waals surface area contributed by atoms with Crippen LogP contribution in [0.3, 0.4) is 0 Å². The molecule has 0 amide bonds. The van der Waals surface area contributed by atoms with Gasteiger partial charge in [-0.25, -0.2) is 0 Å². The van der Waals surface area contributed by atoms with Crippen molar-refractivity contribution in [2.75, 3.05) is 0 Å². The van der Waals surface area contributed by atoms with E-state index in [0.29, 0.717) is 0 Å². The van der Waals surface area contributed by atoms with E-state index in [9.17, 15) is 9.59 Å². The van der Waals surface area contributed by atoms with Crippen LogP contribution < -0.4 is 0 Å². The molecular weight excluding hydrogens is 286 g/mol. The van der Waals surface area contributed by atoms with Crippen LogP contribution in [0.1, 0.15) is 26.7 Å². The summed E-state index contributed by atoms with van der Waals surface area (Å²) in [5.74, 6) is 0.0463. The Morgan fingerprint density at radius 2 is 1.07 bits per heavy atom. The number of halogens is 4. The van der Waals surface area contributed by atoms with E-state index < -0.39 is 9.67 Å². The van der Waals surface area contributed by atoms with E-state index >= 15 is 0 Å². The smallest absolute Gasteiger partial charge is 0.132 e. The van der Waals surface area contributed by atoms with E-state index in [0.717, 1.165) is 0 Å². The van der Waals surface area contributed by atoms with Crippen molar-refractivity contribution in [3.8, 4) is 0 Å². The molecular formula is C8H14Cl4O3. The predicted molar refractivity (Wildman–Crippen MR) is 65.2 cm³/mol. The number of hydrogen-bond donors (Lipinski definition) is 0. The van der Waals surface area contributed by atoms with Crippen LogP contribution in [0, 0.1) is 0 Å². The lowest BCUT2D eigenvalue weighted by molar-refractivity contribution is -0.117. The number of ketones is 2. The largest absolute Gasteiger partial charge is 0.412 e. The second-order valence-corrected chi connectivity index (χ2v) is 5.15. The summed E-state index contributed by atoms with van der Waals surface area (Å²) >= 11 is 20.9. The van der Waals surface area contributed by atoms with Gasteiger partial charge in [0.2, 0.25) is 0 Å². The lowest BCUT2D eigenvalue weighted by Gasteiger charge is -1.90. The second kappa shape index (κ2) is 12.5. The molecule has 92 valence electrons. The summed E-state index contributed by atoms with van der Waals surface area (Å²) in [5, 5.41) is 0. The molecule has 0 aromatic rings. The fourth-order valence-electron chi connectivity index (χ4n) is 0.435. The molecule has 0 heterocycles. The van der Waals surface area contributed by atoms with Gasteiger partial charge in [-0.3, -0.25) is 9.59 Å². The molecule has 15 heavy (non-hydrogen) atoms. The molecule has 0 atom stereocenters. The number of rotatable bonds is 4. The first-order valence-corrected chi connectivity index (χ1v) is 5.55. The van der Waals surface area contributed by atoms with Gasteiger partial charge < -0.3 is 5.48 Å². The van der Waals surface area contributed by atoms with Crippen LogP contribution in [0.2, 0.25) is 0 Å². The van der Waals surface area contributed by atoms with Crippen LogP contribution in [0.5, 0.6) is 0 Å². The lowest BCUT2D eigenvalue weighted by Crippen LogP contribution is -1.95. The maximum atomic E-state index is 10.1. The Bertz CT molecular complexity index is 163. The van der Waals surface area contributed by atoms with E-state index in [1.807, 2.05) is 0 Å². The maximum absolute atomic E-state index is 10.1. The standard InChI is InChI=1S/2C4H6Cl2O.H2O/c2*1-3(7)2-4(5)6;/h2*4H,2H2,1H3;1H2. The van der Waals surface area contributed by atoms with Crippen LogP contribution in [0.15, 0.2) is 0 Å². The molecule has 7 heteroatoms. The fraction of sp³-hybridized carbons (Fsp3) is 0.750. The highest BCUT2D eigenvalue weighted by atomic mass is 35.5. The fourth-order valence-corrected chi connectivity index (χ4v) is 1.30. The SMILES string of the molecule is CC(=O)CC(Cl)Cl.CC(=O)CC(Cl)Cl.O. The van der Waals surface area contributed by atoms with Gasteiger partial charge in [-0.2, -0.15) is 0 Å². The highest BCUT2D eigenvalue weighted by Crippen LogP contribution is 2.06. The van der Waals surface area contributed by atoms with Crippen molar-refractivity contribution in [2.24, 2.45) is 0 Å². The molecule has 2 N–H and O–H groups in total. The number of carbonyl (C=O) groups is 2. The minimum atomic E-state index is -0.530. The molecule has 0 aliphatic rings. The Balaban J connectivity index is -0.000000180. The zero-order valence-corrected chi connectivity index (χ0v) is 11.4. The molecule has 0 saturated heterocycles. The Labute approximate surface area is 109 Å². The van der Waals surface area contributed by atoms with Crippen molar-refractivity contribution < 1.29 is 15.1 Å². The summed E-state index contributed by atoms with van der Waals surface area (Å²) in [6, 6.07) is 0. The highest BCUT2D eigenvalue weighted by molar-refractivity contribution is 6.45. The minimum Gasteiger partial charge on any atom is -0.412 e. The average Bonchev–Trinajstić information content (AvgIpc) is 1.79. The molecule has 0 aromatic heterocycles. The Morgan fingerprint density at radius 3 is 1.07 bits per heavy atom. The summed E-state index contributed by atoms with van der Waals surface area (Å²) in [4.78, 5) is 19.1. The summed E-state index contributed by atoms with van der Waals surface area (Å²) in [6.45, 7) is 2.91. The molecule has 0 rings (SSSR count). The van der Waals surface area contributed by atoms with Crippen LogP contribution in [-0.2, 0) is 9.59 Å². The van der Waals surface area contributed by atoms with Gasteiger partial charge in [-0.05, 0) is 13.8 Å². The van der Waals surface area contributed by atoms with E-state index in [4.69, 9.17) is 46.4 Å². The molecule has 0 aromatic carbocycles. The van der Waals surface area contributed by atoms with Crippen LogP contribution in [-0.4, -0.2) is 26.7 Å². The number of Topliss-reactive ketones (excluding diaryl/α,β-unsaturated/α-hetero) is 2. The third kappa shape index (κ3) is 31.4. The molecule has 0 radical (unpaired) electrons. The van der Waals surface area contributed by atoms with Gasteiger partial charge in [-0.15, -0.1) is 46.4 Å². The average molecular weight is 300 g/mol. The molecule has 3 nitrogen and oxygen atoms in total. The normalized spacial score (nSPS) is 9.07. The second-order valence-electron chi connectivity index (χ2n) is 2.59. The van der Waals surface area contributed by atoms with Gasteiger partial charge in [0.05, 0.1) is 0 Å². The van der Waals surface area contributed by atoms with Crippen LogP contribution in [0.4, 0.5) is 0 Å². The van der Waals surface area contributed by atoms with Crippen molar-refractivity contribution >= 4 is 58.0 Å². The number of alkyl halides is 4. The summed E-state index contributed by atoms with van der Waals surface area (Å²) in [6.07, 6.45) is 0.506. The zero-order valence-electron chi connectivity index (χ0n) is 8.40. The predicted octanol–water partition coefficient (Wildman–Crippen LogP) is 2.71. The van der Waals surface area contributed by atoms with Crippen LogP contribution in [0.25, 0.3) is 0 Å². The minimum absolute atomic E-state index is 0.